The Kier molecular flexibility index (Phi) is 5.82. The zero-order chi connectivity index (χ0) is 14.4. The van der Waals surface area contributed by atoms with Crippen LogP contribution in [0.15, 0.2) is 12.7 Å². The van der Waals surface area contributed by atoms with Crippen molar-refractivity contribution in [2.24, 2.45) is 0 Å². The van der Waals surface area contributed by atoms with Gasteiger partial charge in [0.05, 0.1) is 0 Å². The maximum absolute atomic E-state index is 12.0. The lowest BCUT2D eigenvalue weighted by Gasteiger charge is -2.39. The summed E-state index contributed by atoms with van der Waals surface area (Å²) < 4.78 is 0. The molecule has 1 saturated heterocycles. The number of hydrogen-bond donors (Lipinski definition) is 2. The first-order chi connectivity index (χ1) is 8.99. The monoisotopic (exact) mass is 269 g/mol. The standard InChI is InChI=1S/C13H23N3O3/c1-4-6-11(12(17)18)14-13(19)16-8-7-15(5-2)10(3)9-16/h4,10-11H,1,5-9H2,2-3H3,(H,14,19)(H,17,18). The van der Waals surface area contributed by atoms with Crippen molar-refractivity contribution in [2.45, 2.75) is 32.4 Å². The average molecular weight is 269 g/mol. The van der Waals surface area contributed by atoms with Gasteiger partial charge in [-0.05, 0) is 19.9 Å². The zero-order valence-electron chi connectivity index (χ0n) is 11.6. The van der Waals surface area contributed by atoms with Crippen molar-refractivity contribution in [3.63, 3.8) is 0 Å². The van der Waals surface area contributed by atoms with Crippen LogP contribution in [0.1, 0.15) is 20.3 Å². The molecule has 0 aliphatic carbocycles. The molecule has 1 aliphatic rings. The Morgan fingerprint density at radius 1 is 1.53 bits per heavy atom. The van der Waals surface area contributed by atoms with Crippen LogP contribution in [0.4, 0.5) is 4.79 Å². The minimum atomic E-state index is -1.03. The molecular weight excluding hydrogens is 246 g/mol. The van der Waals surface area contributed by atoms with Gasteiger partial charge >= 0.3 is 12.0 Å². The predicted molar refractivity (Wildman–Crippen MR) is 73.1 cm³/mol. The maximum atomic E-state index is 12.0. The van der Waals surface area contributed by atoms with E-state index in [4.69, 9.17) is 5.11 Å². The van der Waals surface area contributed by atoms with Crippen molar-refractivity contribution >= 4 is 12.0 Å². The maximum Gasteiger partial charge on any atom is 0.326 e. The highest BCUT2D eigenvalue weighted by atomic mass is 16.4. The third kappa shape index (κ3) is 4.24. The molecule has 2 amide bonds. The summed E-state index contributed by atoms with van der Waals surface area (Å²) in [7, 11) is 0. The number of likely N-dealkylation sites (N-methyl/N-ethyl adjacent to an activating group) is 1. The topological polar surface area (TPSA) is 72.9 Å². The number of carbonyl (C=O) groups is 2. The summed E-state index contributed by atoms with van der Waals surface area (Å²) in [5.41, 5.74) is 0. The van der Waals surface area contributed by atoms with E-state index < -0.39 is 12.0 Å². The van der Waals surface area contributed by atoms with Crippen LogP contribution in [0.25, 0.3) is 0 Å². The van der Waals surface area contributed by atoms with Crippen LogP contribution in [-0.4, -0.2) is 65.2 Å². The molecule has 2 unspecified atom stereocenters. The molecule has 0 spiro atoms. The number of hydrogen-bond acceptors (Lipinski definition) is 3. The molecule has 0 aromatic carbocycles. The number of nitrogens with zero attached hydrogens (tertiary/aromatic N) is 2. The molecule has 19 heavy (non-hydrogen) atoms. The fourth-order valence-electron chi connectivity index (χ4n) is 2.28. The fourth-order valence-corrected chi connectivity index (χ4v) is 2.28. The van der Waals surface area contributed by atoms with Gasteiger partial charge in [-0.1, -0.05) is 13.0 Å². The van der Waals surface area contributed by atoms with Gasteiger partial charge in [-0.25, -0.2) is 9.59 Å². The molecule has 1 heterocycles. The molecule has 1 aliphatic heterocycles. The average Bonchev–Trinajstić information content (AvgIpc) is 2.37. The lowest BCUT2D eigenvalue weighted by Crippen LogP contribution is -2.57. The van der Waals surface area contributed by atoms with E-state index in [0.717, 1.165) is 13.1 Å². The summed E-state index contributed by atoms with van der Waals surface area (Å²) in [4.78, 5) is 27.0. The Balaban J connectivity index is 2.54. The lowest BCUT2D eigenvalue weighted by molar-refractivity contribution is -0.139. The minimum Gasteiger partial charge on any atom is -0.480 e. The van der Waals surface area contributed by atoms with E-state index in [1.54, 1.807) is 4.90 Å². The fraction of sp³-hybridized carbons (Fsp3) is 0.692. The van der Waals surface area contributed by atoms with Crippen molar-refractivity contribution in [3.05, 3.63) is 12.7 Å². The van der Waals surface area contributed by atoms with E-state index in [1.807, 2.05) is 0 Å². The predicted octanol–water partition coefficient (Wildman–Crippen LogP) is 0.751. The quantitative estimate of drug-likeness (QED) is 0.722. The van der Waals surface area contributed by atoms with E-state index in [0.29, 0.717) is 19.1 Å². The molecule has 1 fully saturated rings. The van der Waals surface area contributed by atoms with E-state index in [2.05, 4.69) is 30.6 Å². The first-order valence-electron chi connectivity index (χ1n) is 6.62. The molecule has 0 bridgehead atoms. The van der Waals surface area contributed by atoms with Crippen LogP contribution in [-0.2, 0) is 4.79 Å². The first-order valence-corrected chi connectivity index (χ1v) is 6.62. The smallest absolute Gasteiger partial charge is 0.326 e. The normalized spacial score (nSPS) is 21.8. The molecule has 2 N–H and O–H groups in total. The van der Waals surface area contributed by atoms with Gasteiger partial charge in [0, 0.05) is 25.7 Å². The van der Waals surface area contributed by atoms with E-state index in [-0.39, 0.29) is 12.5 Å². The van der Waals surface area contributed by atoms with Crippen LogP contribution >= 0.6 is 0 Å². The van der Waals surface area contributed by atoms with Crippen molar-refractivity contribution in [3.8, 4) is 0 Å². The number of carboxylic acids is 1. The molecule has 6 nitrogen and oxygen atoms in total. The summed E-state index contributed by atoms with van der Waals surface area (Å²) in [6, 6.07) is -0.909. The van der Waals surface area contributed by atoms with Crippen molar-refractivity contribution < 1.29 is 14.7 Å². The lowest BCUT2D eigenvalue weighted by atomic mass is 10.2. The van der Waals surface area contributed by atoms with E-state index in [1.165, 1.54) is 6.08 Å². The summed E-state index contributed by atoms with van der Waals surface area (Å²) >= 11 is 0. The number of carboxylic acid groups (broad SMARTS) is 1. The van der Waals surface area contributed by atoms with E-state index in [9.17, 15) is 9.59 Å². The number of nitrogens with one attached hydrogen (secondary N) is 1. The first kappa shape index (κ1) is 15.5. The molecule has 0 aromatic heterocycles. The number of carbonyl (C=O) groups excluding carboxylic acids is 1. The van der Waals surface area contributed by atoms with Crippen LogP contribution in [0.2, 0.25) is 0 Å². The molecular formula is C13H23N3O3. The summed E-state index contributed by atoms with van der Waals surface area (Å²) in [5, 5.41) is 11.5. The Hall–Kier alpha value is -1.56. The van der Waals surface area contributed by atoms with Gasteiger partial charge in [0.1, 0.15) is 6.04 Å². The highest BCUT2D eigenvalue weighted by molar-refractivity contribution is 5.82. The van der Waals surface area contributed by atoms with Gasteiger partial charge in [-0.3, -0.25) is 4.90 Å². The van der Waals surface area contributed by atoms with Gasteiger partial charge in [-0.15, -0.1) is 6.58 Å². The Bertz CT molecular complexity index is 346. The van der Waals surface area contributed by atoms with Gasteiger partial charge in [0.15, 0.2) is 0 Å². The molecule has 108 valence electrons. The number of urea groups is 1. The van der Waals surface area contributed by atoms with E-state index >= 15 is 0 Å². The van der Waals surface area contributed by atoms with Crippen molar-refractivity contribution in [1.29, 1.82) is 0 Å². The van der Waals surface area contributed by atoms with Gasteiger partial charge in [-0.2, -0.15) is 0 Å². The Morgan fingerprint density at radius 3 is 2.68 bits per heavy atom. The van der Waals surface area contributed by atoms with Crippen LogP contribution in [0.3, 0.4) is 0 Å². The van der Waals surface area contributed by atoms with Crippen LogP contribution < -0.4 is 5.32 Å². The molecule has 6 heteroatoms. The van der Waals surface area contributed by atoms with Crippen LogP contribution in [0.5, 0.6) is 0 Å². The highest BCUT2D eigenvalue weighted by Crippen LogP contribution is 2.09. The molecule has 0 radical (unpaired) electrons. The molecule has 0 saturated carbocycles. The minimum absolute atomic E-state index is 0.228. The third-order valence-corrected chi connectivity index (χ3v) is 3.46. The second kappa shape index (κ2) is 7.13. The zero-order valence-corrected chi connectivity index (χ0v) is 11.6. The summed E-state index contributed by atoms with van der Waals surface area (Å²) in [5.74, 6) is -1.03. The highest BCUT2D eigenvalue weighted by Gasteiger charge is 2.28. The van der Waals surface area contributed by atoms with Crippen LogP contribution in [0, 0.1) is 0 Å². The van der Waals surface area contributed by atoms with Gasteiger partial charge in [0.25, 0.3) is 0 Å². The van der Waals surface area contributed by atoms with Gasteiger partial charge < -0.3 is 15.3 Å². The number of rotatable bonds is 5. The second-order valence-corrected chi connectivity index (χ2v) is 4.79. The SMILES string of the molecule is C=CCC(NC(=O)N1CCN(CC)C(C)C1)C(=O)O. The largest absolute Gasteiger partial charge is 0.480 e. The Labute approximate surface area is 114 Å². The molecule has 2 atom stereocenters. The molecule has 0 aromatic rings. The summed E-state index contributed by atoms with van der Waals surface area (Å²) in [6.07, 6.45) is 1.72. The number of piperazine rings is 1. The van der Waals surface area contributed by atoms with Gasteiger partial charge in [0.2, 0.25) is 0 Å². The Morgan fingerprint density at radius 2 is 2.21 bits per heavy atom. The number of amides is 2. The summed E-state index contributed by atoms with van der Waals surface area (Å²) in [6.45, 7) is 10.7. The third-order valence-electron chi connectivity index (χ3n) is 3.46. The second-order valence-electron chi connectivity index (χ2n) is 4.79. The number of aliphatic carboxylic acids is 1. The molecule has 1 rings (SSSR count). The van der Waals surface area contributed by atoms with Crippen molar-refractivity contribution in [1.82, 2.24) is 15.1 Å². The van der Waals surface area contributed by atoms with Crippen molar-refractivity contribution in [2.75, 3.05) is 26.2 Å².